The van der Waals surface area contributed by atoms with Crippen LogP contribution >= 0.6 is 0 Å². The molecule has 1 fully saturated rings. The second-order valence-corrected chi connectivity index (χ2v) is 4.51. The molecular formula is C14H19NO2. The number of carbonyl (C=O) groups excluding carboxylic acids is 1. The van der Waals surface area contributed by atoms with Crippen molar-refractivity contribution in [2.45, 2.75) is 19.8 Å². The molecule has 1 aliphatic rings. The van der Waals surface area contributed by atoms with Crippen LogP contribution in [0.4, 0.5) is 0 Å². The maximum Gasteiger partial charge on any atom is 0.227 e. The molecule has 0 spiro atoms. The minimum absolute atomic E-state index is 0.209. The van der Waals surface area contributed by atoms with Crippen molar-refractivity contribution in [3.8, 4) is 0 Å². The molecule has 1 aromatic carbocycles. The molecule has 0 bridgehead atoms. The van der Waals surface area contributed by atoms with Crippen molar-refractivity contribution < 1.29 is 9.53 Å². The van der Waals surface area contributed by atoms with E-state index in [-0.39, 0.29) is 5.91 Å². The quantitative estimate of drug-likeness (QED) is 0.779. The number of benzene rings is 1. The van der Waals surface area contributed by atoms with Crippen LogP contribution in [0.15, 0.2) is 24.3 Å². The smallest absolute Gasteiger partial charge is 0.227 e. The minimum atomic E-state index is 0.209. The van der Waals surface area contributed by atoms with E-state index in [2.05, 4.69) is 6.07 Å². The van der Waals surface area contributed by atoms with Gasteiger partial charge in [-0.15, -0.1) is 0 Å². The maximum atomic E-state index is 12.1. The Morgan fingerprint density at radius 2 is 2.24 bits per heavy atom. The number of carbonyl (C=O) groups is 1. The largest absolute Gasteiger partial charge is 0.380 e. The third-order valence-corrected chi connectivity index (χ3v) is 3.01. The van der Waals surface area contributed by atoms with Crippen molar-refractivity contribution in [3.05, 3.63) is 35.4 Å². The molecule has 92 valence electrons. The van der Waals surface area contributed by atoms with Gasteiger partial charge in [-0.1, -0.05) is 29.8 Å². The normalized spacial score (nSPS) is 16.6. The summed E-state index contributed by atoms with van der Waals surface area (Å²) in [4.78, 5) is 14.0. The summed E-state index contributed by atoms with van der Waals surface area (Å²) in [7, 11) is 0. The molecule has 0 N–H and O–H groups in total. The lowest BCUT2D eigenvalue weighted by atomic mass is 10.1. The maximum absolute atomic E-state index is 12.1. The molecule has 3 heteroatoms. The van der Waals surface area contributed by atoms with E-state index >= 15 is 0 Å². The number of rotatable bonds is 2. The molecule has 1 aromatic rings. The van der Waals surface area contributed by atoms with E-state index < -0.39 is 0 Å². The lowest BCUT2D eigenvalue weighted by Crippen LogP contribution is -2.34. The fraction of sp³-hybridized carbons (Fsp3) is 0.500. The van der Waals surface area contributed by atoms with Crippen LogP contribution in [0.5, 0.6) is 0 Å². The van der Waals surface area contributed by atoms with Crippen LogP contribution in [0.25, 0.3) is 0 Å². The first-order valence-electron chi connectivity index (χ1n) is 6.17. The fourth-order valence-electron chi connectivity index (χ4n) is 2.10. The summed E-state index contributed by atoms with van der Waals surface area (Å²) in [6, 6.07) is 8.14. The van der Waals surface area contributed by atoms with E-state index in [1.54, 1.807) is 0 Å². The van der Waals surface area contributed by atoms with Gasteiger partial charge in [0, 0.05) is 19.7 Å². The fourth-order valence-corrected chi connectivity index (χ4v) is 2.10. The van der Waals surface area contributed by atoms with E-state index in [0.717, 1.165) is 31.7 Å². The van der Waals surface area contributed by atoms with Crippen molar-refractivity contribution >= 4 is 5.91 Å². The molecular weight excluding hydrogens is 214 g/mol. The van der Waals surface area contributed by atoms with Crippen LogP contribution in [0, 0.1) is 6.92 Å². The predicted molar refractivity (Wildman–Crippen MR) is 66.9 cm³/mol. The molecule has 1 amide bonds. The van der Waals surface area contributed by atoms with Crippen molar-refractivity contribution in [2.75, 3.05) is 26.3 Å². The molecule has 0 aromatic heterocycles. The van der Waals surface area contributed by atoms with Gasteiger partial charge in [-0.25, -0.2) is 0 Å². The van der Waals surface area contributed by atoms with Gasteiger partial charge in [0.15, 0.2) is 0 Å². The SMILES string of the molecule is Cc1cccc(CC(=O)N2CCCOCC2)c1. The van der Waals surface area contributed by atoms with Gasteiger partial charge in [0.2, 0.25) is 5.91 Å². The summed E-state index contributed by atoms with van der Waals surface area (Å²) in [5, 5.41) is 0. The monoisotopic (exact) mass is 233 g/mol. The summed E-state index contributed by atoms with van der Waals surface area (Å²) < 4.78 is 5.35. The molecule has 3 nitrogen and oxygen atoms in total. The van der Waals surface area contributed by atoms with Crippen LogP contribution in [-0.4, -0.2) is 37.1 Å². The van der Waals surface area contributed by atoms with Crippen molar-refractivity contribution in [3.63, 3.8) is 0 Å². The predicted octanol–water partition coefficient (Wildman–Crippen LogP) is 1.79. The van der Waals surface area contributed by atoms with E-state index in [1.807, 2.05) is 30.0 Å². The summed E-state index contributed by atoms with van der Waals surface area (Å²) in [6.07, 6.45) is 1.45. The summed E-state index contributed by atoms with van der Waals surface area (Å²) in [5.74, 6) is 0.209. The van der Waals surface area contributed by atoms with Gasteiger partial charge in [-0.3, -0.25) is 4.79 Å². The Morgan fingerprint density at radius 3 is 3.06 bits per heavy atom. The number of hydrogen-bond acceptors (Lipinski definition) is 2. The van der Waals surface area contributed by atoms with Crippen LogP contribution < -0.4 is 0 Å². The highest BCUT2D eigenvalue weighted by molar-refractivity contribution is 5.78. The Kier molecular flexibility index (Phi) is 4.15. The highest BCUT2D eigenvalue weighted by Gasteiger charge is 2.15. The second kappa shape index (κ2) is 5.82. The summed E-state index contributed by atoms with van der Waals surface area (Å²) in [6.45, 7) is 5.04. The first-order chi connectivity index (χ1) is 8.25. The third kappa shape index (κ3) is 3.56. The number of nitrogens with zero attached hydrogens (tertiary/aromatic N) is 1. The molecule has 0 unspecified atom stereocenters. The minimum Gasteiger partial charge on any atom is -0.380 e. The highest BCUT2D eigenvalue weighted by Crippen LogP contribution is 2.08. The third-order valence-electron chi connectivity index (χ3n) is 3.01. The number of ether oxygens (including phenoxy) is 1. The zero-order valence-corrected chi connectivity index (χ0v) is 10.3. The lowest BCUT2D eigenvalue weighted by molar-refractivity contribution is -0.130. The van der Waals surface area contributed by atoms with Gasteiger partial charge in [0.1, 0.15) is 0 Å². The molecule has 0 atom stereocenters. The van der Waals surface area contributed by atoms with Crippen LogP contribution in [0.1, 0.15) is 17.5 Å². The van der Waals surface area contributed by atoms with E-state index in [9.17, 15) is 4.79 Å². The standard InChI is InChI=1S/C14H19NO2/c1-12-4-2-5-13(10-12)11-14(16)15-6-3-8-17-9-7-15/h2,4-5,10H,3,6-9,11H2,1H3. The van der Waals surface area contributed by atoms with E-state index in [4.69, 9.17) is 4.74 Å². The van der Waals surface area contributed by atoms with Gasteiger partial charge < -0.3 is 9.64 Å². The van der Waals surface area contributed by atoms with Gasteiger partial charge in [-0.05, 0) is 18.9 Å². The molecule has 0 aliphatic carbocycles. The molecule has 0 radical (unpaired) electrons. The van der Waals surface area contributed by atoms with Gasteiger partial charge in [-0.2, -0.15) is 0 Å². The number of aryl methyl sites for hydroxylation is 1. The van der Waals surface area contributed by atoms with Crippen LogP contribution in [0.3, 0.4) is 0 Å². The lowest BCUT2D eigenvalue weighted by Gasteiger charge is -2.19. The topological polar surface area (TPSA) is 29.5 Å². The number of amides is 1. The second-order valence-electron chi connectivity index (χ2n) is 4.51. The molecule has 1 aliphatic heterocycles. The van der Waals surface area contributed by atoms with Crippen molar-refractivity contribution in [1.29, 1.82) is 0 Å². The van der Waals surface area contributed by atoms with E-state index in [1.165, 1.54) is 5.56 Å². The molecule has 1 saturated heterocycles. The Balaban J connectivity index is 1.95. The average Bonchev–Trinajstić information content (AvgIpc) is 2.57. The Hall–Kier alpha value is -1.35. The van der Waals surface area contributed by atoms with Gasteiger partial charge >= 0.3 is 0 Å². The molecule has 1 heterocycles. The highest BCUT2D eigenvalue weighted by atomic mass is 16.5. The first-order valence-corrected chi connectivity index (χ1v) is 6.17. The first kappa shape index (κ1) is 12.1. The Labute approximate surface area is 102 Å². The number of hydrogen-bond donors (Lipinski definition) is 0. The van der Waals surface area contributed by atoms with Crippen LogP contribution in [0.2, 0.25) is 0 Å². The molecule has 0 saturated carbocycles. The zero-order chi connectivity index (χ0) is 12.1. The zero-order valence-electron chi connectivity index (χ0n) is 10.3. The summed E-state index contributed by atoms with van der Waals surface area (Å²) in [5.41, 5.74) is 2.30. The van der Waals surface area contributed by atoms with Crippen LogP contribution in [-0.2, 0) is 16.0 Å². The molecule has 17 heavy (non-hydrogen) atoms. The Morgan fingerprint density at radius 1 is 1.35 bits per heavy atom. The summed E-state index contributed by atoms with van der Waals surface area (Å²) >= 11 is 0. The van der Waals surface area contributed by atoms with Gasteiger partial charge in [0.05, 0.1) is 13.0 Å². The van der Waals surface area contributed by atoms with Crippen molar-refractivity contribution in [2.24, 2.45) is 0 Å². The Bertz CT molecular complexity index is 382. The van der Waals surface area contributed by atoms with Gasteiger partial charge in [0.25, 0.3) is 0 Å². The van der Waals surface area contributed by atoms with Crippen molar-refractivity contribution in [1.82, 2.24) is 4.90 Å². The average molecular weight is 233 g/mol. The van der Waals surface area contributed by atoms with E-state index in [0.29, 0.717) is 13.0 Å². The molecule has 2 rings (SSSR count).